The third-order valence-corrected chi connectivity index (χ3v) is 6.04. The summed E-state index contributed by atoms with van der Waals surface area (Å²) in [6, 6.07) is 14.2. The van der Waals surface area contributed by atoms with Crippen LogP contribution >= 0.6 is 0 Å². The molecule has 6 heteroatoms. The van der Waals surface area contributed by atoms with Crippen LogP contribution in [0.4, 0.5) is 0 Å². The van der Waals surface area contributed by atoms with Gasteiger partial charge in [0.1, 0.15) is 11.5 Å². The molecule has 0 amide bonds. The van der Waals surface area contributed by atoms with Crippen molar-refractivity contribution in [1.82, 2.24) is 9.97 Å². The van der Waals surface area contributed by atoms with E-state index in [1.54, 1.807) is 48.8 Å². The van der Waals surface area contributed by atoms with Crippen LogP contribution in [0.2, 0.25) is 0 Å². The fraction of sp³-hybridized carbons (Fsp3) is 0.433. The molecule has 0 bridgehead atoms. The van der Waals surface area contributed by atoms with Crippen molar-refractivity contribution < 1.29 is 19.0 Å². The zero-order valence-electron chi connectivity index (χ0n) is 21.7. The van der Waals surface area contributed by atoms with Gasteiger partial charge in [0.05, 0.1) is 31.2 Å². The zero-order valence-corrected chi connectivity index (χ0v) is 21.7. The molecule has 0 aliphatic rings. The van der Waals surface area contributed by atoms with Gasteiger partial charge in [-0.15, -0.1) is 0 Å². The van der Waals surface area contributed by atoms with Crippen LogP contribution in [0, 0.1) is 5.92 Å². The fourth-order valence-corrected chi connectivity index (χ4v) is 3.49. The smallest absolute Gasteiger partial charge is 0.343 e. The lowest BCUT2D eigenvalue weighted by molar-refractivity contribution is 0.0734. The minimum absolute atomic E-state index is 0.417. The van der Waals surface area contributed by atoms with Gasteiger partial charge in [-0.2, -0.15) is 0 Å². The summed E-state index contributed by atoms with van der Waals surface area (Å²) in [7, 11) is 0. The average molecular weight is 491 g/mol. The number of hydrogen-bond donors (Lipinski definition) is 0. The van der Waals surface area contributed by atoms with E-state index in [0.29, 0.717) is 42.0 Å². The molecule has 1 aromatic heterocycles. The van der Waals surface area contributed by atoms with E-state index in [2.05, 4.69) is 30.7 Å². The summed E-state index contributed by atoms with van der Waals surface area (Å²) in [4.78, 5) is 21.3. The number of rotatable bonds is 15. The van der Waals surface area contributed by atoms with Crippen molar-refractivity contribution in [3.63, 3.8) is 0 Å². The minimum atomic E-state index is -0.417. The first-order chi connectivity index (χ1) is 17.6. The van der Waals surface area contributed by atoms with E-state index in [1.807, 2.05) is 12.1 Å². The number of aromatic nitrogens is 2. The van der Waals surface area contributed by atoms with E-state index in [1.165, 1.54) is 32.1 Å². The second-order valence-electron chi connectivity index (χ2n) is 9.12. The lowest BCUT2D eigenvalue weighted by Gasteiger charge is -2.11. The van der Waals surface area contributed by atoms with Crippen LogP contribution in [0.25, 0.3) is 11.4 Å². The van der Waals surface area contributed by atoms with E-state index >= 15 is 0 Å². The van der Waals surface area contributed by atoms with Gasteiger partial charge < -0.3 is 14.2 Å². The first-order valence-electron chi connectivity index (χ1n) is 13.1. The van der Waals surface area contributed by atoms with Gasteiger partial charge in [0, 0.05) is 5.56 Å². The maximum atomic E-state index is 12.5. The van der Waals surface area contributed by atoms with E-state index in [-0.39, 0.29) is 0 Å². The molecule has 3 rings (SSSR count). The van der Waals surface area contributed by atoms with Crippen LogP contribution in [0.15, 0.2) is 60.9 Å². The second kappa shape index (κ2) is 14.9. The molecular formula is C30H38N2O4. The first kappa shape index (κ1) is 27.2. The monoisotopic (exact) mass is 490 g/mol. The normalized spacial score (nSPS) is 11.6. The Balaban J connectivity index is 1.46. The SMILES string of the molecule is CCCCCCCCOc1cnc(-c2ccc(OC(=O)c3ccc(OC[C@@H](C)CC)cc3)cc2)nc1. The van der Waals surface area contributed by atoms with E-state index in [9.17, 15) is 4.79 Å². The van der Waals surface area contributed by atoms with Gasteiger partial charge in [-0.3, -0.25) is 0 Å². The highest BCUT2D eigenvalue weighted by Gasteiger charge is 2.10. The predicted octanol–water partition coefficient (Wildman–Crippen LogP) is 7.53. The lowest BCUT2D eigenvalue weighted by Crippen LogP contribution is -2.09. The molecule has 192 valence electrons. The number of nitrogens with zero attached hydrogens (tertiary/aromatic N) is 2. The first-order valence-corrected chi connectivity index (χ1v) is 13.1. The topological polar surface area (TPSA) is 70.5 Å². The maximum Gasteiger partial charge on any atom is 0.343 e. The van der Waals surface area contributed by atoms with Crippen LogP contribution in [0.3, 0.4) is 0 Å². The van der Waals surface area contributed by atoms with Crippen molar-refractivity contribution in [1.29, 1.82) is 0 Å². The van der Waals surface area contributed by atoms with E-state index in [0.717, 1.165) is 24.2 Å². The van der Waals surface area contributed by atoms with Crippen LogP contribution in [-0.2, 0) is 0 Å². The highest BCUT2D eigenvalue weighted by molar-refractivity contribution is 5.91. The fourth-order valence-electron chi connectivity index (χ4n) is 3.49. The molecule has 2 aromatic carbocycles. The van der Waals surface area contributed by atoms with Crippen molar-refractivity contribution >= 4 is 5.97 Å². The summed E-state index contributed by atoms with van der Waals surface area (Å²) in [5.74, 6) is 2.54. The lowest BCUT2D eigenvalue weighted by atomic mass is 10.1. The highest BCUT2D eigenvalue weighted by Crippen LogP contribution is 2.22. The van der Waals surface area contributed by atoms with Gasteiger partial charge in [-0.1, -0.05) is 59.3 Å². The van der Waals surface area contributed by atoms with Gasteiger partial charge in [0.2, 0.25) is 0 Å². The van der Waals surface area contributed by atoms with Crippen molar-refractivity contribution in [2.75, 3.05) is 13.2 Å². The molecule has 0 aliphatic heterocycles. The molecule has 0 aliphatic carbocycles. The number of hydrogen-bond acceptors (Lipinski definition) is 6. The third-order valence-electron chi connectivity index (χ3n) is 6.04. The Morgan fingerprint density at radius 1 is 0.778 bits per heavy atom. The number of ether oxygens (including phenoxy) is 3. The molecule has 0 saturated carbocycles. The van der Waals surface area contributed by atoms with Crippen LogP contribution in [0.5, 0.6) is 17.2 Å². The highest BCUT2D eigenvalue weighted by atomic mass is 16.5. The maximum absolute atomic E-state index is 12.5. The number of benzene rings is 2. The van der Waals surface area contributed by atoms with E-state index < -0.39 is 5.97 Å². The number of esters is 1. The molecule has 0 saturated heterocycles. The third kappa shape index (κ3) is 8.99. The summed E-state index contributed by atoms with van der Waals surface area (Å²) in [6.07, 6.45) is 11.8. The molecule has 0 unspecified atom stereocenters. The molecule has 3 aromatic rings. The molecule has 6 nitrogen and oxygen atoms in total. The Morgan fingerprint density at radius 2 is 1.42 bits per heavy atom. The molecule has 1 atom stereocenters. The van der Waals surface area contributed by atoms with Crippen molar-refractivity contribution in [3.05, 3.63) is 66.5 Å². The largest absolute Gasteiger partial charge is 0.493 e. The summed E-state index contributed by atoms with van der Waals surface area (Å²) in [6.45, 7) is 7.84. The zero-order chi connectivity index (χ0) is 25.6. The van der Waals surface area contributed by atoms with Crippen molar-refractivity contribution in [2.24, 2.45) is 5.92 Å². The predicted molar refractivity (Wildman–Crippen MR) is 143 cm³/mol. The summed E-state index contributed by atoms with van der Waals surface area (Å²) in [5.41, 5.74) is 1.30. The summed E-state index contributed by atoms with van der Waals surface area (Å²) < 4.78 is 17.0. The Labute approximate surface area is 215 Å². The van der Waals surface area contributed by atoms with Crippen LogP contribution in [0.1, 0.15) is 76.1 Å². The molecule has 1 heterocycles. The Kier molecular flexibility index (Phi) is 11.2. The van der Waals surface area contributed by atoms with Crippen molar-refractivity contribution in [3.8, 4) is 28.6 Å². The van der Waals surface area contributed by atoms with Gasteiger partial charge in [0.15, 0.2) is 11.6 Å². The van der Waals surface area contributed by atoms with Crippen LogP contribution < -0.4 is 14.2 Å². The van der Waals surface area contributed by atoms with Crippen molar-refractivity contribution in [2.45, 2.75) is 65.7 Å². The Hall–Kier alpha value is -3.41. The second-order valence-corrected chi connectivity index (χ2v) is 9.12. The van der Waals surface area contributed by atoms with E-state index in [4.69, 9.17) is 14.2 Å². The molecule has 0 spiro atoms. The Bertz CT molecular complexity index is 1030. The number of carbonyl (C=O) groups excluding carboxylic acids is 1. The summed E-state index contributed by atoms with van der Waals surface area (Å²) >= 11 is 0. The van der Waals surface area contributed by atoms with Gasteiger partial charge in [0.25, 0.3) is 0 Å². The summed E-state index contributed by atoms with van der Waals surface area (Å²) in [5, 5.41) is 0. The van der Waals surface area contributed by atoms with Gasteiger partial charge in [-0.25, -0.2) is 14.8 Å². The quantitative estimate of drug-likeness (QED) is 0.125. The van der Waals surface area contributed by atoms with Gasteiger partial charge >= 0.3 is 5.97 Å². The molecular weight excluding hydrogens is 452 g/mol. The number of carbonyl (C=O) groups is 1. The minimum Gasteiger partial charge on any atom is -0.493 e. The molecule has 0 fully saturated rings. The van der Waals surface area contributed by atoms with Crippen LogP contribution in [-0.4, -0.2) is 29.2 Å². The van der Waals surface area contributed by atoms with Gasteiger partial charge in [-0.05, 0) is 60.9 Å². The molecule has 36 heavy (non-hydrogen) atoms. The molecule has 0 radical (unpaired) electrons. The average Bonchev–Trinajstić information content (AvgIpc) is 2.92. The number of unbranched alkanes of at least 4 members (excludes halogenated alkanes) is 5. The Morgan fingerprint density at radius 3 is 2.08 bits per heavy atom. The molecule has 0 N–H and O–H groups in total. The standard InChI is InChI=1S/C30H38N2O4/c1-4-6-7-8-9-10-19-34-28-20-31-29(32-21-28)24-11-17-27(18-12-24)36-30(33)25-13-15-26(16-14-25)35-22-23(3)5-2/h11-18,20-21,23H,4-10,19,22H2,1-3H3/t23-/m0/s1.